The van der Waals surface area contributed by atoms with Crippen LogP contribution in [-0.2, 0) is 16.0 Å². The van der Waals surface area contributed by atoms with E-state index in [1.165, 1.54) is 120 Å². The fourth-order valence-electron chi connectivity index (χ4n) is 8.49. The van der Waals surface area contributed by atoms with Crippen LogP contribution in [0.3, 0.4) is 0 Å². The van der Waals surface area contributed by atoms with E-state index >= 15 is 0 Å². The molecule has 0 bridgehead atoms. The monoisotopic (exact) mass is 568 g/mol. The Labute approximate surface area is 253 Å². The zero-order chi connectivity index (χ0) is 29.4. The third-order valence-electron chi connectivity index (χ3n) is 11.0. The van der Waals surface area contributed by atoms with Crippen LogP contribution >= 0.6 is 0 Å². The van der Waals surface area contributed by atoms with Crippen LogP contribution in [0.15, 0.2) is 35.2 Å². The van der Waals surface area contributed by atoms with E-state index in [0.29, 0.717) is 24.9 Å². The molecule has 2 fully saturated rings. The van der Waals surface area contributed by atoms with E-state index in [2.05, 4.69) is 33.4 Å². The van der Waals surface area contributed by atoms with E-state index in [-0.39, 0.29) is 16.8 Å². The lowest BCUT2D eigenvalue weighted by molar-refractivity contribution is -0.155. The van der Waals surface area contributed by atoms with Crippen molar-refractivity contribution in [3.8, 4) is 0 Å². The first-order chi connectivity index (χ1) is 19.9. The number of ether oxygens (including phenoxy) is 1. The van der Waals surface area contributed by atoms with Crippen LogP contribution < -0.4 is 0 Å². The summed E-state index contributed by atoms with van der Waals surface area (Å²) in [7, 11) is 0. The summed E-state index contributed by atoms with van der Waals surface area (Å²) >= 11 is 0. The highest BCUT2D eigenvalue weighted by Crippen LogP contribution is 2.62. The minimum atomic E-state index is 0.0184. The SMILES string of the molecule is C=C1CC[C@H]2[C@](C)(COC(=O)CCCCCCCCCCCCCCCCC)CCC[C@]2(C)[C@H]1CCc1ccoc1. The maximum atomic E-state index is 12.7. The molecule has 1 aromatic rings. The Morgan fingerprint density at radius 2 is 1.54 bits per heavy atom. The van der Waals surface area contributed by atoms with E-state index in [1.807, 2.05) is 6.26 Å². The number of hydrogen-bond acceptors (Lipinski definition) is 3. The van der Waals surface area contributed by atoms with Gasteiger partial charge in [0, 0.05) is 11.8 Å². The normalized spacial score (nSPS) is 26.2. The number of rotatable bonds is 21. The first-order valence-corrected chi connectivity index (χ1v) is 17.7. The van der Waals surface area contributed by atoms with Crippen LogP contribution in [0.2, 0.25) is 0 Å². The van der Waals surface area contributed by atoms with Gasteiger partial charge in [0.05, 0.1) is 19.1 Å². The summed E-state index contributed by atoms with van der Waals surface area (Å²) in [4.78, 5) is 12.7. The smallest absolute Gasteiger partial charge is 0.305 e. The number of fused-ring (bicyclic) bond motifs is 1. The number of hydrogen-bond donors (Lipinski definition) is 0. The highest BCUT2D eigenvalue weighted by atomic mass is 16.5. The summed E-state index contributed by atoms with van der Waals surface area (Å²) in [6.45, 7) is 12.3. The Bertz CT molecular complexity index is 857. The van der Waals surface area contributed by atoms with E-state index in [0.717, 1.165) is 32.1 Å². The molecule has 0 radical (unpaired) electrons. The first kappa shape index (κ1) is 34.0. The largest absolute Gasteiger partial charge is 0.472 e. The van der Waals surface area contributed by atoms with Gasteiger partial charge in [-0.3, -0.25) is 4.79 Å². The number of esters is 1. The van der Waals surface area contributed by atoms with Crippen LogP contribution in [-0.4, -0.2) is 12.6 Å². The lowest BCUT2D eigenvalue weighted by atomic mass is 9.47. The van der Waals surface area contributed by atoms with Crippen molar-refractivity contribution in [2.45, 2.75) is 168 Å². The molecule has 0 saturated heterocycles. The summed E-state index contributed by atoms with van der Waals surface area (Å²) in [5, 5.41) is 0. The molecule has 1 heterocycles. The third-order valence-corrected chi connectivity index (χ3v) is 11.0. The molecular formula is C38H64O3. The molecule has 3 rings (SSSR count). The van der Waals surface area contributed by atoms with E-state index in [1.54, 1.807) is 6.26 Å². The van der Waals surface area contributed by atoms with Gasteiger partial charge in [-0.15, -0.1) is 0 Å². The molecule has 1 aromatic heterocycles. The zero-order valence-corrected chi connectivity index (χ0v) is 27.3. The average molecular weight is 569 g/mol. The van der Waals surface area contributed by atoms with Crippen molar-refractivity contribution in [2.24, 2.45) is 22.7 Å². The molecular weight excluding hydrogens is 504 g/mol. The number of unbranched alkanes of at least 4 members (excludes halogenated alkanes) is 14. The van der Waals surface area contributed by atoms with Gasteiger partial charge in [-0.2, -0.15) is 0 Å². The molecule has 4 atom stereocenters. The van der Waals surface area contributed by atoms with Crippen LogP contribution in [0.5, 0.6) is 0 Å². The maximum absolute atomic E-state index is 12.7. The van der Waals surface area contributed by atoms with E-state index < -0.39 is 0 Å². The van der Waals surface area contributed by atoms with Gasteiger partial charge < -0.3 is 9.15 Å². The van der Waals surface area contributed by atoms with Gasteiger partial charge in [0.25, 0.3) is 0 Å². The van der Waals surface area contributed by atoms with Crippen molar-refractivity contribution >= 4 is 5.97 Å². The van der Waals surface area contributed by atoms with Crippen molar-refractivity contribution in [2.75, 3.05) is 6.61 Å². The molecule has 2 aliphatic rings. The summed E-state index contributed by atoms with van der Waals surface area (Å²) in [5.41, 5.74) is 3.04. The summed E-state index contributed by atoms with van der Waals surface area (Å²) in [6.07, 6.45) is 32.6. The second-order valence-electron chi connectivity index (χ2n) is 14.3. The Kier molecular flexibility index (Phi) is 15.1. The second kappa shape index (κ2) is 18.2. The Hall–Kier alpha value is -1.51. The van der Waals surface area contributed by atoms with E-state index in [9.17, 15) is 4.79 Å². The van der Waals surface area contributed by atoms with Crippen molar-refractivity contribution < 1.29 is 13.9 Å². The molecule has 0 aromatic carbocycles. The molecule has 3 heteroatoms. The predicted octanol–water partition coefficient (Wildman–Crippen LogP) is 11.8. The van der Waals surface area contributed by atoms with Gasteiger partial charge in [0.2, 0.25) is 0 Å². The summed E-state index contributed by atoms with van der Waals surface area (Å²) < 4.78 is 11.3. The van der Waals surface area contributed by atoms with Crippen LogP contribution in [0.1, 0.15) is 168 Å². The average Bonchev–Trinajstić information content (AvgIpc) is 3.47. The summed E-state index contributed by atoms with van der Waals surface area (Å²) in [6, 6.07) is 2.09. The van der Waals surface area contributed by atoms with Crippen molar-refractivity contribution in [1.82, 2.24) is 0 Å². The maximum Gasteiger partial charge on any atom is 0.305 e. The molecule has 0 amide bonds. The van der Waals surface area contributed by atoms with Crippen molar-refractivity contribution in [3.63, 3.8) is 0 Å². The highest BCUT2D eigenvalue weighted by molar-refractivity contribution is 5.69. The quantitative estimate of drug-likeness (QED) is 0.0841. The Morgan fingerprint density at radius 1 is 0.927 bits per heavy atom. The second-order valence-corrected chi connectivity index (χ2v) is 14.3. The lowest BCUT2D eigenvalue weighted by Crippen LogP contribution is -2.52. The van der Waals surface area contributed by atoms with Gasteiger partial charge in [0.1, 0.15) is 0 Å². The molecule has 41 heavy (non-hydrogen) atoms. The van der Waals surface area contributed by atoms with Gasteiger partial charge in [0.15, 0.2) is 0 Å². The Balaban J connectivity index is 1.27. The standard InChI is InChI=1S/C38H64O3/c1-5-6-7-8-9-10-11-12-13-14-15-16-17-18-19-21-36(39)41-31-37(3)27-20-28-38(4)34(32(2)22-25-35(37)38)24-23-33-26-29-40-30-33/h26,29-30,34-35H,2,5-25,27-28,31H2,1,3-4H3/t34-,35-,37-,38+/m0/s1. The molecule has 0 N–H and O–H groups in total. The van der Waals surface area contributed by atoms with Crippen molar-refractivity contribution in [1.29, 1.82) is 0 Å². The molecule has 0 unspecified atom stereocenters. The highest BCUT2D eigenvalue weighted by Gasteiger charge is 2.54. The molecule has 0 aliphatic heterocycles. The first-order valence-electron chi connectivity index (χ1n) is 17.7. The fourth-order valence-corrected chi connectivity index (χ4v) is 8.49. The number of allylic oxidation sites excluding steroid dienone is 1. The number of aryl methyl sites for hydroxylation is 1. The minimum Gasteiger partial charge on any atom is -0.472 e. The van der Waals surface area contributed by atoms with E-state index in [4.69, 9.17) is 9.15 Å². The van der Waals surface area contributed by atoms with Crippen LogP contribution in [0.4, 0.5) is 0 Å². The number of carbonyl (C=O) groups excluding carboxylic acids is 1. The van der Waals surface area contributed by atoms with Crippen LogP contribution in [0.25, 0.3) is 0 Å². The minimum absolute atomic E-state index is 0.0184. The zero-order valence-electron chi connectivity index (χ0n) is 27.3. The van der Waals surface area contributed by atoms with Crippen molar-refractivity contribution in [3.05, 3.63) is 36.3 Å². The van der Waals surface area contributed by atoms with Gasteiger partial charge in [-0.25, -0.2) is 0 Å². The number of furan rings is 1. The van der Waals surface area contributed by atoms with Gasteiger partial charge in [-0.05, 0) is 73.8 Å². The fraction of sp³-hybridized carbons (Fsp3) is 0.816. The van der Waals surface area contributed by atoms with Gasteiger partial charge >= 0.3 is 5.97 Å². The Morgan fingerprint density at radius 3 is 2.12 bits per heavy atom. The predicted molar refractivity (Wildman–Crippen MR) is 173 cm³/mol. The number of carbonyl (C=O) groups is 1. The molecule has 234 valence electrons. The van der Waals surface area contributed by atoms with Crippen LogP contribution in [0, 0.1) is 22.7 Å². The molecule has 0 spiro atoms. The molecule has 3 nitrogen and oxygen atoms in total. The van der Waals surface area contributed by atoms with Gasteiger partial charge in [-0.1, -0.05) is 129 Å². The molecule has 2 aliphatic carbocycles. The summed E-state index contributed by atoms with van der Waals surface area (Å²) in [5.74, 6) is 1.14. The third kappa shape index (κ3) is 10.9. The topological polar surface area (TPSA) is 39.4 Å². The lowest BCUT2D eigenvalue weighted by Gasteiger charge is -2.58. The molecule has 2 saturated carbocycles.